The van der Waals surface area contributed by atoms with E-state index in [2.05, 4.69) is 97.1 Å². The number of nitrogens with one attached hydrogen (secondary N) is 1. The molecule has 214 valence electrons. The molecular weight excluding hydrogens is 494 g/mol. The molecule has 3 rings (SSSR count). The van der Waals surface area contributed by atoms with Gasteiger partial charge in [0.05, 0.1) is 11.4 Å². The molecule has 0 aliphatic carbocycles. The van der Waals surface area contributed by atoms with Gasteiger partial charge >= 0.3 is 0 Å². The van der Waals surface area contributed by atoms with Crippen LogP contribution in [-0.2, 0) is 17.9 Å². The largest absolute Gasteiger partial charge is 0.361 e. The van der Waals surface area contributed by atoms with Gasteiger partial charge in [-0.25, -0.2) is 4.98 Å². The van der Waals surface area contributed by atoms with Crippen LogP contribution >= 0.6 is 0 Å². The van der Waals surface area contributed by atoms with Gasteiger partial charge in [-0.05, 0) is 38.4 Å². The number of hydrogen-bond acceptors (Lipinski definition) is 3. The average Bonchev–Trinajstić information content (AvgIpc) is 3.30. The van der Waals surface area contributed by atoms with Crippen LogP contribution in [0.1, 0.15) is 70.5 Å². The van der Waals surface area contributed by atoms with Gasteiger partial charge < -0.3 is 14.6 Å². The molecule has 0 saturated carbocycles. The fourth-order valence-electron chi connectivity index (χ4n) is 4.91. The summed E-state index contributed by atoms with van der Waals surface area (Å²) < 4.78 is 8.66. The topological polar surface area (TPSA) is 39.1 Å². The fraction of sp³-hybridized carbons (Fsp3) is 0.559. The van der Waals surface area contributed by atoms with Gasteiger partial charge in [0, 0.05) is 32.2 Å². The Balaban J connectivity index is 1.63. The summed E-state index contributed by atoms with van der Waals surface area (Å²) in [6, 6.07) is 22.5. The first kappa shape index (κ1) is 31.3. The van der Waals surface area contributed by atoms with Gasteiger partial charge in [0.1, 0.15) is 12.6 Å². The SMILES string of the molecule is CCCCCCCNCCCCCCc1nc(-c2ccccc2)c(-c2ccccc2)n1COCC[Si](C)(C)C. The molecule has 5 heteroatoms. The Hall–Kier alpha value is -2.21. The van der Waals surface area contributed by atoms with E-state index in [0.717, 1.165) is 37.5 Å². The molecule has 4 nitrogen and oxygen atoms in total. The summed E-state index contributed by atoms with van der Waals surface area (Å²) >= 11 is 0. The van der Waals surface area contributed by atoms with Crippen molar-refractivity contribution >= 4 is 8.07 Å². The number of aryl methyl sites for hydroxylation is 1. The Labute approximate surface area is 239 Å². The molecule has 0 bridgehead atoms. The lowest BCUT2D eigenvalue weighted by molar-refractivity contribution is 0.0861. The number of unbranched alkanes of at least 4 members (excludes halogenated alkanes) is 7. The quantitative estimate of drug-likeness (QED) is 0.113. The van der Waals surface area contributed by atoms with E-state index in [1.165, 1.54) is 80.8 Å². The van der Waals surface area contributed by atoms with E-state index < -0.39 is 8.07 Å². The van der Waals surface area contributed by atoms with Crippen LogP contribution in [0.15, 0.2) is 60.7 Å². The van der Waals surface area contributed by atoms with E-state index in [9.17, 15) is 0 Å². The summed E-state index contributed by atoms with van der Waals surface area (Å²) in [4.78, 5) is 5.25. The van der Waals surface area contributed by atoms with Crippen LogP contribution in [0, 0.1) is 0 Å². The van der Waals surface area contributed by atoms with Crippen LogP contribution in [0.25, 0.3) is 22.5 Å². The molecule has 0 aliphatic heterocycles. The van der Waals surface area contributed by atoms with Crippen LogP contribution in [0.2, 0.25) is 25.7 Å². The molecule has 0 fully saturated rings. The molecule has 0 spiro atoms. The third-order valence-corrected chi connectivity index (χ3v) is 9.02. The number of ether oxygens (including phenoxy) is 1. The maximum absolute atomic E-state index is 6.31. The van der Waals surface area contributed by atoms with E-state index in [-0.39, 0.29) is 0 Å². The van der Waals surface area contributed by atoms with Crippen LogP contribution in [0.4, 0.5) is 0 Å². The molecule has 0 amide bonds. The van der Waals surface area contributed by atoms with Gasteiger partial charge in [0.2, 0.25) is 0 Å². The fourth-order valence-corrected chi connectivity index (χ4v) is 5.67. The molecule has 1 N–H and O–H groups in total. The number of benzene rings is 2. The number of aromatic nitrogens is 2. The highest BCUT2D eigenvalue weighted by atomic mass is 28.3. The monoisotopic (exact) mass is 547 g/mol. The second-order valence-electron chi connectivity index (χ2n) is 12.1. The highest BCUT2D eigenvalue weighted by Crippen LogP contribution is 2.33. The zero-order chi connectivity index (χ0) is 27.8. The third-order valence-electron chi connectivity index (χ3n) is 7.32. The smallest absolute Gasteiger partial charge is 0.124 e. The lowest BCUT2D eigenvalue weighted by atomic mass is 10.0. The molecule has 0 atom stereocenters. The van der Waals surface area contributed by atoms with Crippen molar-refractivity contribution in [3.05, 3.63) is 66.5 Å². The summed E-state index contributed by atoms with van der Waals surface area (Å²) in [6.07, 6.45) is 12.7. The van der Waals surface area contributed by atoms with Gasteiger partial charge in [0.25, 0.3) is 0 Å². The number of imidazole rings is 1. The maximum atomic E-state index is 6.31. The predicted octanol–water partition coefficient (Wildman–Crippen LogP) is 9.19. The van der Waals surface area contributed by atoms with Crippen molar-refractivity contribution < 1.29 is 4.74 Å². The van der Waals surface area contributed by atoms with Gasteiger partial charge in [-0.15, -0.1) is 0 Å². The Morgan fingerprint density at radius 1 is 0.744 bits per heavy atom. The lowest BCUT2D eigenvalue weighted by Gasteiger charge is -2.17. The lowest BCUT2D eigenvalue weighted by Crippen LogP contribution is -2.22. The summed E-state index contributed by atoms with van der Waals surface area (Å²) in [6.45, 7) is 13.2. The van der Waals surface area contributed by atoms with Crippen LogP contribution in [-0.4, -0.2) is 37.3 Å². The third kappa shape index (κ3) is 11.4. The van der Waals surface area contributed by atoms with Gasteiger partial charge in [-0.1, -0.05) is 126 Å². The molecule has 0 aliphatic rings. The van der Waals surface area contributed by atoms with Crippen molar-refractivity contribution in [2.45, 2.75) is 104 Å². The average molecular weight is 548 g/mol. The molecule has 3 aromatic rings. The Morgan fingerprint density at radius 2 is 1.33 bits per heavy atom. The van der Waals surface area contributed by atoms with Crippen LogP contribution in [0.5, 0.6) is 0 Å². The molecule has 0 unspecified atom stereocenters. The van der Waals surface area contributed by atoms with Crippen molar-refractivity contribution in [3.8, 4) is 22.5 Å². The van der Waals surface area contributed by atoms with Gasteiger partial charge in [0.15, 0.2) is 0 Å². The minimum Gasteiger partial charge on any atom is -0.361 e. The first-order chi connectivity index (χ1) is 19.0. The highest BCUT2D eigenvalue weighted by Gasteiger charge is 2.20. The summed E-state index contributed by atoms with van der Waals surface area (Å²) in [5.41, 5.74) is 4.60. The Bertz CT molecular complexity index is 1040. The Kier molecular flexibility index (Phi) is 14.0. The minimum atomic E-state index is -1.14. The summed E-state index contributed by atoms with van der Waals surface area (Å²) in [7, 11) is -1.14. The Morgan fingerprint density at radius 3 is 1.95 bits per heavy atom. The molecule has 1 aromatic heterocycles. The van der Waals surface area contributed by atoms with Crippen molar-refractivity contribution in [3.63, 3.8) is 0 Å². The second-order valence-corrected chi connectivity index (χ2v) is 17.7. The predicted molar refractivity (Wildman–Crippen MR) is 171 cm³/mol. The molecule has 0 saturated heterocycles. The molecule has 39 heavy (non-hydrogen) atoms. The molecule has 0 radical (unpaired) electrons. The summed E-state index contributed by atoms with van der Waals surface area (Å²) in [5, 5.41) is 3.64. The zero-order valence-electron chi connectivity index (χ0n) is 25.2. The van der Waals surface area contributed by atoms with Crippen LogP contribution < -0.4 is 5.32 Å². The summed E-state index contributed by atoms with van der Waals surface area (Å²) in [5.74, 6) is 1.14. The van der Waals surface area contributed by atoms with Crippen molar-refractivity contribution in [1.82, 2.24) is 14.9 Å². The van der Waals surface area contributed by atoms with E-state index in [0.29, 0.717) is 6.73 Å². The van der Waals surface area contributed by atoms with Crippen molar-refractivity contribution in [2.75, 3.05) is 19.7 Å². The molecule has 1 heterocycles. The first-order valence-corrected chi connectivity index (χ1v) is 19.2. The zero-order valence-corrected chi connectivity index (χ0v) is 26.2. The highest BCUT2D eigenvalue weighted by molar-refractivity contribution is 6.76. The van der Waals surface area contributed by atoms with Crippen molar-refractivity contribution in [2.24, 2.45) is 0 Å². The van der Waals surface area contributed by atoms with Gasteiger partial charge in [-0.3, -0.25) is 0 Å². The van der Waals surface area contributed by atoms with E-state index >= 15 is 0 Å². The normalized spacial score (nSPS) is 11.8. The molecule has 2 aromatic carbocycles. The second kappa shape index (κ2) is 17.5. The molecular formula is C34H53N3OSi. The number of nitrogens with zero attached hydrogens (tertiary/aromatic N) is 2. The number of hydrogen-bond donors (Lipinski definition) is 1. The van der Waals surface area contributed by atoms with E-state index in [1.54, 1.807) is 0 Å². The first-order valence-electron chi connectivity index (χ1n) is 15.5. The maximum Gasteiger partial charge on any atom is 0.124 e. The van der Waals surface area contributed by atoms with Crippen molar-refractivity contribution in [1.29, 1.82) is 0 Å². The number of rotatable bonds is 20. The minimum absolute atomic E-state index is 0.562. The standard InChI is InChI=1S/C34H53N3OSi/c1-5-6-7-9-18-25-35-26-19-10-8-17-24-32-36-33(30-20-13-11-14-21-30)34(31-22-15-12-16-23-31)37(32)29-38-27-28-39(2,3)4/h11-16,20-23,35H,5-10,17-19,24-29H2,1-4H3. The van der Waals surface area contributed by atoms with E-state index in [1.807, 2.05) is 0 Å². The van der Waals surface area contributed by atoms with Gasteiger partial charge in [-0.2, -0.15) is 0 Å². The van der Waals surface area contributed by atoms with E-state index in [4.69, 9.17) is 9.72 Å². The van der Waals surface area contributed by atoms with Crippen LogP contribution in [0.3, 0.4) is 0 Å².